The second-order valence-electron chi connectivity index (χ2n) is 2.87. The van der Waals surface area contributed by atoms with E-state index >= 15 is 0 Å². The number of aromatic hydroxyl groups is 1. The van der Waals surface area contributed by atoms with Gasteiger partial charge in [0.2, 0.25) is 0 Å². The largest absolute Gasteiger partial charge is 0.504 e. The van der Waals surface area contributed by atoms with Crippen molar-refractivity contribution in [3.8, 4) is 11.6 Å². The lowest BCUT2D eigenvalue weighted by atomic mass is 10.4. The number of pyridine rings is 1. The number of hydrogen-bond donors (Lipinski definition) is 1. The van der Waals surface area contributed by atoms with Gasteiger partial charge in [-0.05, 0) is 23.4 Å². The summed E-state index contributed by atoms with van der Waals surface area (Å²) in [7, 11) is 0. The number of rotatable bonds is 2. The van der Waals surface area contributed by atoms with Crippen molar-refractivity contribution in [3.05, 3.63) is 36.8 Å². The van der Waals surface area contributed by atoms with Crippen LogP contribution in [0.25, 0.3) is 5.82 Å². The van der Waals surface area contributed by atoms with Crippen LogP contribution in [0.4, 0.5) is 0 Å². The van der Waals surface area contributed by atoms with Crippen LogP contribution in [0.15, 0.2) is 41.9 Å². The lowest BCUT2D eigenvalue weighted by Gasteiger charge is -1.96. The van der Waals surface area contributed by atoms with Gasteiger partial charge in [-0.3, -0.25) is 0 Å². The summed E-state index contributed by atoms with van der Waals surface area (Å²) in [6.45, 7) is 0. The second kappa shape index (κ2) is 4.27. The molecule has 0 unspecified atom stereocenters. The number of aromatic nitrogens is 3. The quantitative estimate of drug-likeness (QED) is 0.469. The summed E-state index contributed by atoms with van der Waals surface area (Å²) in [5.74, 6) is 0.951. The van der Waals surface area contributed by atoms with Crippen LogP contribution in [-0.4, -0.2) is 21.3 Å². The predicted octanol–water partition coefficient (Wildman–Crippen LogP) is 1.18. The van der Waals surface area contributed by atoms with Crippen LogP contribution in [0.2, 0.25) is 0 Å². The molecule has 4 nitrogen and oxygen atoms in total. The Bertz CT molecular complexity index is 476. The Morgan fingerprint density at radius 1 is 1.40 bits per heavy atom. The van der Waals surface area contributed by atoms with E-state index in [4.69, 9.17) is 0 Å². The summed E-state index contributed by atoms with van der Waals surface area (Å²) in [6, 6.07) is 5.17. The Kier molecular flexibility index (Phi) is 2.82. The highest BCUT2D eigenvalue weighted by Gasteiger charge is 2.10. The molecule has 15 heavy (non-hydrogen) atoms. The Labute approximate surface area is 91.6 Å². The minimum absolute atomic E-state index is 0.210. The molecule has 0 aliphatic carbocycles. The highest BCUT2D eigenvalue weighted by atomic mass is 32.2. The SMILES string of the molecule is CSc1nccc(-[n+]2cccc(O)c2)n1. The van der Waals surface area contributed by atoms with E-state index in [1.807, 2.05) is 12.5 Å². The maximum atomic E-state index is 9.33. The summed E-state index contributed by atoms with van der Waals surface area (Å²) in [5.41, 5.74) is 0. The molecule has 0 fully saturated rings. The molecule has 0 amide bonds. The van der Waals surface area contributed by atoms with Gasteiger partial charge in [-0.15, -0.1) is 0 Å². The number of thioether (sulfide) groups is 1. The molecule has 2 rings (SSSR count). The van der Waals surface area contributed by atoms with E-state index in [0.29, 0.717) is 5.16 Å². The Morgan fingerprint density at radius 2 is 2.27 bits per heavy atom. The van der Waals surface area contributed by atoms with Crippen LogP contribution < -0.4 is 4.57 Å². The first-order valence-electron chi connectivity index (χ1n) is 4.37. The molecule has 2 heterocycles. The third-order valence-corrected chi connectivity index (χ3v) is 2.41. The van der Waals surface area contributed by atoms with E-state index < -0.39 is 0 Å². The normalized spacial score (nSPS) is 10.2. The zero-order chi connectivity index (χ0) is 10.7. The Balaban J connectivity index is 2.44. The molecule has 76 valence electrons. The van der Waals surface area contributed by atoms with Gasteiger partial charge in [0.1, 0.15) is 6.20 Å². The third kappa shape index (κ3) is 2.24. The van der Waals surface area contributed by atoms with E-state index in [9.17, 15) is 5.11 Å². The van der Waals surface area contributed by atoms with Crippen LogP contribution in [0.3, 0.4) is 0 Å². The minimum Gasteiger partial charge on any atom is -0.504 e. The maximum Gasteiger partial charge on any atom is 0.332 e. The van der Waals surface area contributed by atoms with Gasteiger partial charge >= 0.3 is 11.0 Å². The first kappa shape index (κ1) is 9.92. The van der Waals surface area contributed by atoms with Gasteiger partial charge in [-0.2, -0.15) is 4.57 Å². The van der Waals surface area contributed by atoms with Crippen molar-refractivity contribution in [2.75, 3.05) is 6.26 Å². The van der Waals surface area contributed by atoms with Crippen molar-refractivity contribution in [1.29, 1.82) is 0 Å². The molecule has 5 heteroatoms. The topological polar surface area (TPSA) is 49.9 Å². The highest BCUT2D eigenvalue weighted by molar-refractivity contribution is 7.98. The van der Waals surface area contributed by atoms with Gasteiger partial charge < -0.3 is 5.11 Å². The first-order chi connectivity index (χ1) is 7.29. The smallest absolute Gasteiger partial charge is 0.332 e. The van der Waals surface area contributed by atoms with Crippen molar-refractivity contribution in [3.63, 3.8) is 0 Å². The molecule has 0 aliphatic heterocycles. The Morgan fingerprint density at radius 3 is 3.00 bits per heavy atom. The fourth-order valence-corrected chi connectivity index (χ4v) is 1.53. The summed E-state index contributed by atoms with van der Waals surface area (Å²) in [5, 5.41) is 10.0. The van der Waals surface area contributed by atoms with Crippen LogP contribution in [-0.2, 0) is 0 Å². The van der Waals surface area contributed by atoms with Gasteiger partial charge in [-0.25, -0.2) is 4.98 Å². The van der Waals surface area contributed by atoms with Gasteiger partial charge in [0.25, 0.3) is 0 Å². The summed E-state index contributed by atoms with van der Waals surface area (Å²) in [4.78, 5) is 8.39. The molecule has 2 aromatic heterocycles. The molecule has 0 bridgehead atoms. The maximum absolute atomic E-state index is 9.33. The number of hydrogen-bond acceptors (Lipinski definition) is 4. The van der Waals surface area contributed by atoms with E-state index in [1.54, 1.807) is 35.2 Å². The molecule has 0 radical (unpaired) electrons. The summed E-state index contributed by atoms with van der Waals surface area (Å²) in [6.07, 6.45) is 7.05. The molecular formula is C10H10N3OS+. The average molecular weight is 220 g/mol. The van der Waals surface area contributed by atoms with Crippen molar-refractivity contribution < 1.29 is 9.67 Å². The molecule has 2 aromatic rings. The zero-order valence-electron chi connectivity index (χ0n) is 8.16. The van der Waals surface area contributed by atoms with E-state index in [-0.39, 0.29) is 5.75 Å². The molecule has 0 spiro atoms. The molecule has 0 aliphatic rings. The molecule has 0 aromatic carbocycles. The molecular weight excluding hydrogens is 210 g/mol. The van der Waals surface area contributed by atoms with Crippen LogP contribution in [0.1, 0.15) is 0 Å². The van der Waals surface area contributed by atoms with E-state index in [0.717, 1.165) is 5.82 Å². The number of nitrogens with zero attached hydrogens (tertiary/aromatic N) is 3. The zero-order valence-corrected chi connectivity index (χ0v) is 8.98. The van der Waals surface area contributed by atoms with Crippen molar-refractivity contribution >= 4 is 11.8 Å². The highest BCUT2D eigenvalue weighted by Crippen LogP contribution is 2.08. The first-order valence-corrected chi connectivity index (χ1v) is 5.60. The van der Waals surface area contributed by atoms with Gasteiger partial charge in [-0.1, -0.05) is 11.8 Å². The fourth-order valence-electron chi connectivity index (χ4n) is 1.18. The molecule has 0 saturated carbocycles. The standard InChI is InChI=1S/C10H9N3OS/c1-15-10-11-5-4-9(12-10)13-6-2-3-8(14)7-13/h2-7H,1H3/p+1. The lowest BCUT2D eigenvalue weighted by molar-refractivity contribution is -0.600. The third-order valence-electron chi connectivity index (χ3n) is 1.85. The van der Waals surface area contributed by atoms with Gasteiger partial charge in [0, 0.05) is 6.20 Å². The fraction of sp³-hybridized carbons (Fsp3) is 0.100. The van der Waals surface area contributed by atoms with E-state index in [1.165, 1.54) is 11.8 Å². The predicted molar refractivity (Wildman–Crippen MR) is 57.0 cm³/mol. The molecule has 0 saturated heterocycles. The summed E-state index contributed by atoms with van der Waals surface area (Å²) >= 11 is 1.48. The lowest BCUT2D eigenvalue weighted by Crippen LogP contribution is -2.30. The van der Waals surface area contributed by atoms with Gasteiger partial charge in [0.15, 0.2) is 5.75 Å². The second-order valence-corrected chi connectivity index (χ2v) is 3.64. The van der Waals surface area contributed by atoms with Crippen molar-refractivity contribution in [2.45, 2.75) is 5.16 Å². The Hall–Kier alpha value is -1.62. The summed E-state index contributed by atoms with van der Waals surface area (Å²) < 4.78 is 1.75. The van der Waals surface area contributed by atoms with E-state index in [2.05, 4.69) is 9.97 Å². The van der Waals surface area contributed by atoms with Crippen LogP contribution in [0, 0.1) is 0 Å². The molecule has 0 atom stereocenters. The van der Waals surface area contributed by atoms with Crippen molar-refractivity contribution in [1.82, 2.24) is 9.97 Å². The van der Waals surface area contributed by atoms with Crippen molar-refractivity contribution in [2.24, 2.45) is 0 Å². The van der Waals surface area contributed by atoms with Crippen LogP contribution >= 0.6 is 11.8 Å². The monoisotopic (exact) mass is 220 g/mol. The average Bonchev–Trinajstić information content (AvgIpc) is 2.29. The van der Waals surface area contributed by atoms with Crippen LogP contribution in [0.5, 0.6) is 5.75 Å². The molecule has 1 N–H and O–H groups in total. The minimum atomic E-state index is 0.210. The van der Waals surface area contributed by atoms with Gasteiger partial charge in [0.05, 0.1) is 12.3 Å².